The van der Waals surface area contributed by atoms with Crippen LogP contribution >= 0.6 is 0 Å². The highest BCUT2D eigenvalue weighted by molar-refractivity contribution is 5.75. The molecule has 3 aromatic heterocycles. The van der Waals surface area contributed by atoms with Crippen molar-refractivity contribution in [2.45, 2.75) is 39.7 Å². The molecule has 0 saturated heterocycles. The van der Waals surface area contributed by atoms with Gasteiger partial charge in [-0.2, -0.15) is 8.78 Å². The Labute approximate surface area is 212 Å². The zero-order valence-corrected chi connectivity index (χ0v) is 20.6. The molecule has 37 heavy (non-hydrogen) atoms. The number of carbonyl (C=O) groups excluding carboxylic acids is 1. The van der Waals surface area contributed by atoms with Gasteiger partial charge in [-0.15, -0.1) is 0 Å². The number of ether oxygens (including phenoxy) is 2. The van der Waals surface area contributed by atoms with Crippen molar-refractivity contribution < 1.29 is 23.0 Å². The highest BCUT2D eigenvalue weighted by atomic mass is 19.3. The number of hydrogen-bond acceptors (Lipinski definition) is 8. The van der Waals surface area contributed by atoms with Gasteiger partial charge in [0.05, 0.1) is 11.6 Å². The van der Waals surface area contributed by atoms with Gasteiger partial charge in [-0.25, -0.2) is 15.0 Å². The van der Waals surface area contributed by atoms with Crippen molar-refractivity contribution in [3.63, 3.8) is 0 Å². The largest absolute Gasteiger partial charge is 0.444 e. The van der Waals surface area contributed by atoms with Crippen molar-refractivity contribution >= 4 is 17.6 Å². The average Bonchev–Trinajstić information content (AvgIpc) is 3.66. The van der Waals surface area contributed by atoms with Gasteiger partial charge in [0, 0.05) is 47.4 Å². The molecule has 0 bridgehead atoms. The molecule has 0 amide bonds. The van der Waals surface area contributed by atoms with Crippen LogP contribution in [0.25, 0.3) is 16.8 Å². The SMILES string of the molecule is Cc1cc2nc(C)c(Cc3ccccc3OC(F)F)n2cc1-c1cnc(NCOC(=O)C2CC2)nc1.N. The van der Waals surface area contributed by atoms with E-state index in [0.717, 1.165) is 46.6 Å². The maximum Gasteiger partial charge on any atom is 0.387 e. The summed E-state index contributed by atoms with van der Waals surface area (Å²) in [6.07, 6.45) is 7.50. The number of benzene rings is 1. The highest BCUT2D eigenvalue weighted by Crippen LogP contribution is 2.30. The molecule has 1 saturated carbocycles. The standard InChI is InChI=1S/C26H25F2N5O3.H3N/c1-15-9-23-32-16(2)21(10-18-5-3-4-6-22(18)36-25(27)28)33(23)13-20(15)19-11-29-26(30-12-19)31-14-35-24(34)17-7-8-17;/h3-6,9,11-13,17,25H,7-8,10,14H2,1-2H3,(H,29,30,31);1H3. The van der Waals surface area contributed by atoms with Gasteiger partial charge < -0.3 is 25.3 Å². The quantitative estimate of drug-likeness (QED) is 0.236. The predicted octanol–water partition coefficient (Wildman–Crippen LogP) is 5.08. The number of pyridine rings is 1. The van der Waals surface area contributed by atoms with E-state index in [4.69, 9.17) is 9.47 Å². The van der Waals surface area contributed by atoms with E-state index < -0.39 is 6.61 Å². The summed E-state index contributed by atoms with van der Waals surface area (Å²) < 4.78 is 37.6. The molecule has 5 rings (SSSR count). The number of halogens is 2. The third-order valence-corrected chi connectivity index (χ3v) is 6.13. The Morgan fingerprint density at radius 3 is 2.62 bits per heavy atom. The fourth-order valence-electron chi connectivity index (χ4n) is 4.07. The molecular weight excluding hydrogens is 482 g/mol. The summed E-state index contributed by atoms with van der Waals surface area (Å²) in [6, 6.07) is 8.74. The number of imidazole rings is 1. The molecule has 1 aromatic carbocycles. The monoisotopic (exact) mass is 510 g/mol. The number of para-hydroxylation sites is 1. The van der Waals surface area contributed by atoms with Crippen molar-refractivity contribution in [1.29, 1.82) is 0 Å². The van der Waals surface area contributed by atoms with Gasteiger partial charge >= 0.3 is 12.6 Å². The fraction of sp³-hybridized carbons (Fsp3) is 0.308. The number of esters is 1. The summed E-state index contributed by atoms with van der Waals surface area (Å²) in [7, 11) is 0. The summed E-state index contributed by atoms with van der Waals surface area (Å²) in [5, 5.41) is 2.89. The lowest BCUT2D eigenvalue weighted by molar-refractivity contribution is -0.144. The van der Waals surface area contributed by atoms with E-state index in [1.54, 1.807) is 30.6 Å². The Morgan fingerprint density at radius 1 is 1.19 bits per heavy atom. The van der Waals surface area contributed by atoms with Crippen molar-refractivity contribution in [3.05, 3.63) is 71.4 Å². The zero-order chi connectivity index (χ0) is 25.2. The summed E-state index contributed by atoms with van der Waals surface area (Å²) in [6.45, 7) is 1.00. The van der Waals surface area contributed by atoms with Crippen LogP contribution in [-0.4, -0.2) is 38.7 Å². The highest BCUT2D eigenvalue weighted by Gasteiger charge is 2.31. The van der Waals surface area contributed by atoms with Crippen molar-refractivity contribution in [2.24, 2.45) is 5.92 Å². The molecule has 3 heterocycles. The molecule has 0 spiro atoms. The van der Waals surface area contributed by atoms with Gasteiger partial charge in [0.15, 0.2) is 6.73 Å². The van der Waals surface area contributed by atoms with Gasteiger partial charge in [-0.1, -0.05) is 18.2 Å². The van der Waals surface area contributed by atoms with E-state index in [-0.39, 0.29) is 30.5 Å². The number of carbonyl (C=O) groups is 1. The van der Waals surface area contributed by atoms with Gasteiger partial charge in [-0.3, -0.25) is 4.79 Å². The first-order valence-corrected chi connectivity index (χ1v) is 11.6. The maximum atomic E-state index is 12.9. The molecule has 0 unspecified atom stereocenters. The summed E-state index contributed by atoms with van der Waals surface area (Å²) in [5.74, 6) is 0.345. The third-order valence-electron chi connectivity index (χ3n) is 6.13. The van der Waals surface area contributed by atoms with E-state index in [0.29, 0.717) is 17.9 Å². The van der Waals surface area contributed by atoms with E-state index >= 15 is 0 Å². The second kappa shape index (κ2) is 10.9. The molecule has 4 N–H and O–H groups in total. The lowest BCUT2D eigenvalue weighted by Crippen LogP contribution is -2.14. The van der Waals surface area contributed by atoms with E-state index in [9.17, 15) is 13.6 Å². The third kappa shape index (κ3) is 5.83. The first-order valence-electron chi connectivity index (χ1n) is 11.6. The van der Waals surface area contributed by atoms with Gasteiger partial charge in [0.25, 0.3) is 0 Å². The van der Waals surface area contributed by atoms with Crippen molar-refractivity contribution in [3.8, 4) is 16.9 Å². The van der Waals surface area contributed by atoms with Crippen LogP contribution in [0.15, 0.2) is 48.9 Å². The molecule has 11 heteroatoms. The minimum Gasteiger partial charge on any atom is -0.444 e. The lowest BCUT2D eigenvalue weighted by Gasteiger charge is -2.12. The lowest BCUT2D eigenvalue weighted by atomic mass is 10.1. The van der Waals surface area contributed by atoms with Crippen LogP contribution in [0, 0.1) is 19.8 Å². The number of fused-ring (bicyclic) bond motifs is 1. The van der Waals surface area contributed by atoms with Gasteiger partial charge in [-0.05, 0) is 44.4 Å². The van der Waals surface area contributed by atoms with Crippen LogP contribution in [-0.2, 0) is 16.0 Å². The Kier molecular flexibility index (Phi) is 7.63. The number of nitrogens with one attached hydrogen (secondary N) is 1. The topological polar surface area (TPSA) is 126 Å². The van der Waals surface area contributed by atoms with Gasteiger partial charge in [0.1, 0.15) is 11.4 Å². The normalized spacial score (nSPS) is 12.9. The number of alkyl halides is 2. The van der Waals surface area contributed by atoms with E-state index in [2.05, 4.69) is 20.3 Å². The Bertz CT molecular complexity index is 1400. The predicted molar refractivity (Wildman–Crippen MR) is 134 cm³/mol. The Morgan fingerprint density at radius 2 is 1.92 bits per heavy atom. The molecule has 4 aromatic rings. The van der Waals surface area contributed by atoms with Crippen molar-refractivity contribution in [1.82, 2.24) is 25.5 Å². The second-order valence-electron chi connectivity index (χ2n) is 8.76. The van der Waals surface area contributed by atoms with Crippen molar-refractivity contribution in [2.75, 3.05) is 12.0 Å². The van der Waals surface area contributed by atoms with Crippen LogP contribution in [0.3, 0.4) is 0 Å². The summed E-state index contributed by atoms with van der Waals surface area (Å²) in [4.78, 5) is 25.0. The number of hydrogen-bond donors (Lipinski definition) is 2. The maximum absolute atomic E-state index is 12.9. The van der Waals surface area contributed by atoms with Crippen LogP contribution in [0.2, 0.25) is 0 Å². The van der Waals surface area contributed by atoms with Crippen LogP contribution in [0.4, 0.5) is 14.7 Å². The first-order chi connectivity index (χ1) is 17.4. The smallest absolute Gasteiger partial charge is 0.387 e. The summed E-state index contributed by atoms with van der Waals surface area (Å²) >= 11 is 0. The molecular formula is C26H28F2N6O3. The fourth-order valence-corrected chi connectivity index (χ4v) is 4.07. The Balaban J connectivity index is 0.00000320. The number of anilines is 1. The number of nitrogens with zero attached hydrogens (tertiary/aromatic N) is 4. The zero-order valence-electron chi connectivity index (χ0n) is 20.6. The molecule has 1 aliphatic carbocycles. The molecule has 0 radical (unpaired) electrons. The average molecular weight is 511 g/mol. The molecule has 1 aliphatic rings. The van der Waals surface area contributed by atoms with Crippen LogP contribution in [0.5, 0.6) is 5.75 Å². The number of aromatic nitrogens is 4. The Hall–Kier alpha value is -4.12. The van der Waals surface area contributed by atoms with Gasteiger partial charge in [0.2, 0.25) is 5.95 Å². The van der Waals surface area contributed by atoms with E-state index in [1.165, 1.54) is 6.07 Å². The van der Waals surface area contributed by atoms with E-state index in [1.807, 2.05) is 30.5 Å². The number of rotatable bonds is 9. The summed E-state index contributed by atoms with van der Waals surface area (Å²) in [5.41, 5.74) is 5.77. The molecule has 1 fully saturated rings. The first kappa shape index (κ1) is 26.0. The molecule has 0 aliphatic heterocycles. The second-order valence-corrected chi connectivity index (χ2v) is 8.76. The minimum absolute atomic E-state index is 0. The molecule has 0 atom stereocenters. The van der Waals surface area contributed by atoms with Crippen LogP contribution in [0.1, 0.15) is 35.4 Å². The molecule has 9 nitrogen and oxygen atoms in total. The number of aryl methyl sites for hydroxylation is 2. The van der Waals surface area contributed by atoms with Crippen LogP contribution < -0.4 is 16.2 Å². The molecule has 194 valence electrons. The minimum atomic E-state index is -2.90.